The van der Waals surface area contributed by atoms with Crippen molar-refractivity contribution in [3.8, 4) is 5.75 Å². The highest BCUT2D eigenvalue weighted by Gasteiger charge is 2.24. The largest absolute Gasteiger partial charge is 0.508 e. The molecule has 31 heavy (non-hydrogen) atoms. The molecular formula is C25H34N2O4. The van der Waals surface area contributed by atoms with Gasteiger partial charge in [-0.2, -0.15) is 0 Å². The number of aromatic hydroxyl groups is 1. The lowest BCUT2D eigenvalue weighted by molar-refractivity contribution is -0.130. The zero-order valence-electron chi connectivity index (χ0n) is 18.2. The van der Waals surface area contributed by atoms with Crippen molar-refractivity contribution >= 4 is 11.8 Å². The Morgan fingerprint density at radius 2 is 1.48 bits per heavy atom. The van der Waals surface area contributed by atoms with Crippen molar-refractivity contribution < 1.29 is 19.8 Å². The van der Waals surface area contributed by atoms with Crippen LogP contribution in [0.5, 0.6) is 5.75 Å². The second-order valence-electron chi connectivity index (χ2n) is 7.95. The molecule has 4 N–H and O–H groups in total. The van der Waals surface area contributed by atoms with Crippen LogP contribution in [-0.2, 0) is 22.4 Å². The summed E-state index contributed by atoms with van der Waals surface area (Å²) in [7, 11) is 0. The summed E-state index contributed by atoms with van der Waals surface area (Å²) in [6.45, 7) is 2.58. The fraction of sp³-hybridized carbons (Fsp3) is 0.440. The molecule has 0 bridgehead atoms. The molecule has 0 spiro atoms. The summed E-state index contributed by atoms with van der Waals surface area (Å²) in [5, 5.41) is 24.2. The van der Waals surface area contributed by atoms with E-state index in [0.717, 1.165) is 36.8 Å². The summed E-state index contributed by atoms with van der Waals surface area (Å²) in [6, 6.07) is 15.8. The van der Waals surface area contributed by atoms with Gasteiger partial charge in [-0.15, -0.1) is 0 Å². The fourth-order valence-corrected chi connectivity index (χ4v) is 3.38. The third-order valence-corrected chi connectivity index (χ3v) is 5.23. The van der Waals surface area contributed by atoms with Crippen LogP contribution in [0.1, 0.15) is 43.7 Å². The maximum Gasteiger partial charge on any atom is 0.242 e. The molecule has 0 radical (unpaired) electrons. The summed E-state index contributed by atoms with van der Waals surface area (Å²) in [6.07, 6.45) is 4.41. The number of phenolic OH excluding ortho intramolecular Hbond substituents is 1. The van der Waals surface area contributed by atoms with Gasteiger partial charge in [-0.3, -0.25) is 9.59 Å². The van der Waals surface area contributed by atoms with Gasteiger partial charge in [0.2, 0.25) is 11.8 Å². The van der Waals surface area contributed by atoms with Crippen LogP contribution in [0, 0.1) is 5.92 Å². The highest BCUT2D eigenvalue weighted by atomic mass is 16.3. The summed E-state index contributed by atoms with van der Waals surface area (Å²) in [4.78, 5) is 25.6. The summed E-state index contributed by atoms with van der Waals surface area (Å²) < 4.78 is 0. The quantitative estimate of drug-likeness (QED) is 0.370. The first-order chi connectivity index (χ1) is 15.0. The van der Waals surface area contributed by atoms with Crippen molar-refractivity contribution in [3.63, 3.8) is 0 Å². The van der Waals surface area contributed by atoms with Crippen molar-refractivity contribution in [2.45, 2.75) is 51.5 Å². The summed E-state index contributed by atoms with van der Waals surface area (Å²) in [5.74, 6) is -0.481. The Kier molecular flexibility index (Phi) is 10.6. The summed E-state index contributed by atoms with van der Waals surface area (Å²) in [5.41, 5.74) is 1.93. The van der Waals surface area contributed by atoms with E-state index in [4.69, 9.17) is 5.11 Å². The zero-order chi connectivity index (χ0) is 22.5. The van der Waals surface area contributed by atoms with E-state index in [0.29, 0.717) is 19.4 Å². The van der Waals surface area contributed by atoms with Crippen molar-refractivity contribution in [1.82, 2.24) is 10.6 Å². The predicted molar refractivity (Wildman–Crippen MR) is 122 cm³/mol. The van der Waals surface area contributed by atoms with Crippen LogP contribution >= 0.6 is 0 Å². The highest BCUT2D eigenvalue weighted by molar-refractivity contribution is 5.88. The Morgan fingerprint density at radius 3 is 2.16 bits per heavy atom. The highest BCUT2D eigenvalue weighted by Crippen LogP contribution is 2.13. The van der Waals surface area contributed by atoms with E-state index in [2.05, 4.69) is 10.6 Å². The van der Waals surface area contributed by atoms with Gasteiger partial charge in [0.25, 0.3) is 0 Å². The third kappa shape index (κ3) is 9.22. The van der Waals surface area contributed by atoms with Crippen molar-refractivity contribution in [1.29, 1.82) is 0 Å². The van der Waals surface area contributed by atoms with E-state index in [-0.39, 0.29) is 30.1 Å². The Labute approximate surface area is 184 Å². The van der Waals surface area contributed by atoms with Gasteiger partial charge in [-0.1, -0.05) is 62.2 Å². The molecule has 2 aromatic rings. The molecule has 2 atom stereocenters. The number of unbranched alkanes of at least 4 members (excludes halogenated alkanes) is 3. The number of aliphatic hydroxyl groups is 1. The second-order valence-corrected chi connectivity index (χ2v) is 7.95. The molecule has 0 saturated carbocycles. The van der Waals surface area contributed by atoms with Gasteiger partial charge in [0.05, 0.1) is 0 Å². The van der Waals surface area contributed by atoms with E-state index in [1.54, 1.807) is 24.3 Å². The number of aliphatic hydroxyl groups excluding tert-OH is 1. The molecule has 0 aliphatic heterocycles. The molecule has 6 nitrogen and oxygen atoms in total. The van der Waals surface area contributed by atoms with Gasteiger partial charge >= 0.3 is 0 Å². The van der Waals surface area contributed by atoms with Gasteiger partial charge in [-0.25, -0.2) is 0 Å². The van der Waals surface area contributed by atoms with Crippen LogP contribution < -0.4 is 10.6 Å². The lowest BCUT2D eigenvalue weighted by Crippen LogP contribution is -2.49. The average Bonchev–Trinajstić information content (AvgIpc) is 2.77. The zero-order valence-corrected chi connectivity index (χ0v) is 18.2. The molecule has 0 aliphatic carbocycles. The number of carbonyl (C=O) groups is 2. The van der Waals surface area contributed by atoms with Crippen LogP contribution in [0.25, 0.3) is 0 Å². The second kappa shape index (κ2) is 13.4. The molecule has 2 unspecified atom stereocenters. The van der Waals surface area contributed by atoms with E-state index >= 15 is 0 Å². The smallest absolute Gasteiger partial charge is 0.242 e. The first-order valence-corrected chi connectivity index (χ1v) is 11.0. The lowest BCUT2D eigenvalue weighted by atomic mass is 9.99. The first kappa shape index (κ1) is 24.4. The van der Waals surface area contributed by atoms with Crippen LogP contribution in [0.4, 0.5) is 0 Å². The number of nitrogens with one attached hydrogen (secondary N) is 2. The molecule has 0 aromatic heterocycles. The van der Waals surface area contributed by atoms with Gasteiger partial charge in [-0.05, 0) is 42.5 Å². The number of benzene rings is 2. The van der Waals surface area contributed by atoms with Gasteiger partial charge < -0.3 is 20.8 Å². The standard InChI is InChI=1S/C25H34N2O4/c1-19(17-20-9-5-4-6-10-20)24(30)27-23(18-21-11-13-22(29)14-12-21)25(31)26-15-7-2-3-8-16-28/h4-6,9-14,19,23,28-29H,2-3,7-8,15-18H2,1H3,(H,26,31)(H,27,30). The van der Waals surface area contributed by atoms with Crippen molar-refractivity contribution in [3.05, 3.63) is 65.7 Å². The Balaban J connectivity index is 1.96. The first-order valence-electron chi connectivity index (χ1n) is 11.0. The molecular weight excluding hydrogens is 392 g/mol. The van der Waals surface area contributed by atoms with E-state index < -0.39 is 6.04 Å². The molecule has 2 aromatic carbocycles. The monoisotopic (exact) mass is 426 g/mol. The number of rotatable bonds is 13. The maximum absolute atomic E-state index is 12.8. The van der Waals surface area contributed by atoms with E-state index in [9.17, 15) is 14.7 Å². The van der Waals surface area contributed by atoms with Crippen LogP contribution in [0.2, 0.25) is 0 Å². The molecule has 168 valence electrons. The third-order valence-electron chi connectivity index (χ3n) is 5.23. The minimum Gasteiger partial charge on any atom is -0.508 e. The molecule has 2 amide bonds. The predicted octanol–water partition coefficient (Wildman–Crippen LogP) is 2.97. The Hall–Kier alpha value is -2.86. The average molecular weight is 427 g/mol. The molecule has 0 heterocycles. The van der Waals surface area contributed by atoms with Gasteiger partial charge in [0, 0.05) is 25.5 Å². The number of carbonyl (C=O) groups excluding carboxylic acids is 2. The van der Waals surface area contributed by atoms with Gasteiger partial charge in [0.1, 0.15) is 11.8 Å². The van der Waals surface area contributed by atoms with Crippen molar-refractivity contribution in [2.75, 3.05) is 13.2 Å². The molecule has 2 rings (SSSR count). The Bertz CT molecular complexity index is 793. The minimum atomic E-state index is -0.687. The maximum atomic E-state index is 12.8. The van der Waals surface area contributed by atoms with Crippen molar-refractivity contribution in [2.24, 2.45) is 5.92 Å². The summed E-state index contributed by atoms with van der Waals surface area (Å²) >= 11 is 0. The molecule has 0 aliphatic rings. The molecule has 6 heteroatoms. The number of hydrogen-bond donors (Lipinski definition) is 4. The van der Waals surface area contributed by atoms with Crippen LogP contribution in [-0.4, -0.2) is 41.2 Å². The minimum absolute atomic E-state index is 0.160. The SMILES string of the molecule is CC(Cc1ccccc1)C(=O)NC(Cc1ccc(O)cc1)C(=O)NCCCCCCO. The topological polar surface area (TPSA) is 98.7 Å². The number of hydrogen-bond acceptors (Lipinski definition) is 4. The normalized spacial score (nSPS) is 12.7. The molecule has 0 saturated heterocycles. The van der Waals surface area contributed by atoms with Crippen LogP contribution in [0.3, 0.4) is 0 Å². The fourth-order valence-electron chi connectivity index (χ4n) is 3.38. The van der Waals surface area contributed by atoms with E-state index in [1.807, 2.05) is 37.3 Å². The number of phenols is 1. The van der Waals surface area contributed by atoms with Crippen LogP contribution in [0.15, 0.2) is 54.6 Å². The molecule has 0 fully saturated rings. The van der Waals surface area contributed by atoms with Gasteiger partial charge in [0.15, 0.2) is 0 Å². The van der Waals surface area contributed by atoms with E-state index in [1.165, 1.54) is 0 Å². The number of amides is 2. The Morgan fingerprint density at radius 1 is 0.839 bits per heavy atom. The lowest BCUT2D eigenvalue weighted by Gasteiger charge is -2.21.